The third-order valence-corrected chi connectivity index (χ3v) is 3.84. The Kier molecular flexibility index (Phi) is 5.96. The molecule has 0 saturated carbocycles. The van der Waals surface area contributed by atoms with Crippen LogP contribution in [0.3, 0.4) is 0 Å². The van der Waals surface area contributed by atoms with Crippen molar-refractivity contribution < 1.29 is 0 Å². The van der Waals surface area contributed by atoms with Gasteiger partial charge in [-0.15, -0.1) is 0 Å². The molecule has 0 aliphatic carbocycles. The van der Waals surface area contributed by atoms with E-state index in [0.717, 1.165) is 6.42 Å². The van der Waals surface area contributed by atoms with Crippen molar-refractivity contribution in [2.45, 2.75) is 52.0 Å². The van der Waals surface area contributed by atoms with Gasteiger partial charge in [0, 0.05) is 6.04 Å². The Bertz CT molecular complexity index is 243. The molecule has 15 heavy (non-hydrogen) atoms. The summed E-state index contributed by atoms with van der Waals surface area (Å²) in [5, 5.41) is 4.35. The molecule has 2 atom stereocenters. The van der Waals surface area contributed by atoms with Crippen molar-refractivity contribution in [3.8, 4) is 0 Å². The Morgan fingerprint density at radius 1 is 1.40 bits per heavy atom. The van der Waals surface area contributed by atoms with Gasteiger partial charge in [0.2, 0.25) is 0 Å². The van der Waals surface area contributed by atoms with Gasteiger partial charge >= 0.3 is 0 Å². The van der Waals surface area contributed by atoms with Crippen LogP contribution in [-0.4, -0.2) is 6.04 Å². The summed E-state index contributed by atoms with van der Waals surface area (Å²) in [7, 11) is 0. The molecule has 0 aliphatic rings. The summed E-state index contributed by atoms with van der Waals surface area (Å²) >= 11 is 1.76. The minimum absolute atomic E-state index is 0.344. The molecular formula is C13H23NS. The van der Waals surface area contributed by atoms with Crippen LogP contribution in [0.5, 0.6) is 0 Å². The van der Waals surface area contributed by atoms with E-state index in [-0.39, 0.29) is 0 Å². The van der Waals surface area contributed by atoms with Gasteiger partial charge in [-0.2, -0.15) is 11.3 Å². The van der Waals surface area contributed by atoms with Crippen molar-refractivity contribution in [2.75, 3.05) is 0 Å². The van der Waals surface area contributed by atoms with Crippen molar-refractivity contribution in [1.82, 2.24) is 0 Å². The standard InChI is InChI=1S/C13H23NS/c1-3-5-6-12(4-2)13(14)9-11-7-8-15-10-11/h7-8,10,12-13H,3-6,9,14H2,1-2H3. The average Bonchev–Trinajstić information content (AvgIpc) is 2.71. The van der Waals surface area contributed by atoms with Gasteiger partial charge in [-0.05, 0) is 41.1 Å². The van der Waals surface area contributed by atoms with Crippen LogP contribution in [0.25, 0.3) is 0 Å². The number of unbranched alkanes of at least 4 members (excludes halogenated alkanes) is 1. The van der Waals surface area contributed by atoms with Crippen LogP contribution in [0, 0.1) is 5.92 Å². The fourth-order valence-electron chi connectivity index (χ4n) is 2.03. The zero-order valence-electron chi connectivity index (χ0n) is 9.91. The van der Waals surface area contributed by atoms with E-state index in [1.165, 1.54) is 31.2 Å². The maximum Gasteiger partial charge on any atom is 0.0108 e. The molecule has 0 fully saturated rings. The number of thiophene rings is 1. The van der Waals surface area contributed by atoms with Crippen LogP contribution >= 0.6 is 11.3 Å². The molecule has 0 amide bonds. The highest BCUT2D eigenvalue weighted by Crippen LogP contribution is 2.19. The Morgan fingerprint density at radius 3 is 2.73 bits per heavy atom. The van der Waals surface area contributed by atoms with Crippen molar-refractivity contribution in [2.24, 2.45) is 11.7 Å². The number of hydrogen-bond donors (Lipinski definition) is 1. The summed E-state index contributed by atoms with van der Waals surface area (Å²) in [6, 6.07) is 2.54. The first-order valence-corrected chi connectivity index (χ1v) is 6.98. The molecule has 2 unspecified atom stereocenters. The van der Waals surface area contributed by atoms with Crippen LogP contribution < -0.4 is 5.73 Å². The number of nitrogens with two attached hydrogens (primary N) is 1. The largest absolute Gasteiger partial charge is 0.327 e. The van der Waals surface area contributed by atoms with Crippen LogP contribution in [-0.2, 0) is 6.42 Å². The normalized spacial score (nSPS) is 15.1. The summed E-state index contributed by atoms with van der Waals surface area (Å²) < 4.78 is 0. The molecule has 0 radical (unpaired) electrons. The molecule has 0 spiro atoms. The molecule has 0 aliphatic heterocycles. The lowest BCUT2D eigenvalue weighted by Crippen LogP contribution is -2.31. The Balaban J connectivity index is 2.39. The van der Waals surface area contributed by atoms with Gasteiger partial charge in [0.15, 0.2) is 0 Å². The van der Waals surface area contributed by atoms with E-state index in [0.29, 0.717) is 12.0 Å². The second-order valence-corrected chi connectivity index (χ2v) is 5.09. The quantitative estimate of drug-likeness (QED) is 0.750. The third-order valence-electron chi connectivity index (χ3n) is 3.11. The zero-order valence-corrected chi connectivity index (χ0v) is 10.7. The van der Waals surface area contributed by atoms with Gasteiger partial charge in [-0.3, -0.25) is 0 Å². The van der Waals surface area contributed by atoms with E-state index in [1.54, 1.807) is 11.3 Å². The Labute approximate surface area is 97.7 Å². The minimum atomic E-state index is 0.344. The molecular weight excluding hydrogens is 202 g/mol. The van der Waals surface area contributed by atoms with Gasteiger partial charge in [0.1, 0.15) is 0 Å². The number of rotatable bonds is 7. The SMILES string of the molecule is CCCCC(CC)C(N)Cc1ccsc1. The average molecular weight is 225 g/mol. The van der Waals surface area contributed by atoms with Gasteiger partial charge in [-0.1, -0.05) is 33.1 Å². The third kappa shape index (κ3) is 4.35. The smallest absolute Gasteiger partial charge is 0.0108 e. The molecule has 2 N–H and O–H groups in total. The van der Waals surface area contributed by atoms with Gasteiger partial charge in [0.25, 0.3) is 0 Å². The summed E-state index contributed by atoms with van der Waals surface area (Å²) in [5.74, 6) is 0.699. The second kappa shape index (κ2) is 7.02. The fraction of sp³-hybridized carbons (Fsp3) is 0.692. The van der Waals surface area contributed by atoms with E-state index in [9.17, 15) is 0 Å². The molecule has 2 heteroatoms. The van der Waals surface area contributed by atoms with Crippen LogP contribution in [0.2, 0.25) is 0 Å². The summed E-state index contributed by atoms with van der Waals surface area (Å²) in [4.78, 5) is 0. The predicted molar refractivity (Wildman–Crippen MR) is 69.3 cm³/mol. The van der Waals surface area contributed by atoms with E-state index in [2.05, 4.69) is 30.7 Å². The van der Waals surface area contributed by atoms with Gasteiger partial charge in [-0.25, -0.2) is 0 Å². The molecule has 1 aromatic rings. The zero-order chi connectivity index (χ0) is 11.1. The highest BCUT2D eigenvalue weighted by molar-refractivity contribution is 7.07. The van der Waals surface area contributed by atoms with Crippen molar-refractivity contribution in [3.05, 3.63) is 22.4 Å². The Hall–Kier alpha value is -0.340. The monoisotopic (exact) mass is 225 g/mol. The first kappa shape index (κ1) is 12.7. The highest BCUT2D eigenvalue weighted by atomic mass is 32.1. The highest BCUT2D eigenvalue weighted by Gasteiger charge is 2.15. The van der Waals surface area contributed by atoms with Gasteiger partial charge in [0.05, 0.1) is 0 Å². The van der Waals surface area contributed by atoms with E-state index in [1.807, 2.05) is 0 Å². The lowest BCUT2D eigenvalue weighted by molar-refractivity contribution is 0.369. The van der Waals surface area contributed by atoms with Crippen molar-refractivity contribution >= 4 is 11.3 Å². The van der Waals surface area contributed by atoms with E-state index >= 15 is 0 Å². The van der Waals surface area contributed by atoms with E-state index in [4.69, 9.17) is 5.73 Å². The van der Waals surface area contributed by atoms with Crippen LogP contribution in [0.1, 0.15) is 45.1 Å². The lowest BCUT2D eigenvalue weighted by Gasteiger charge is -2.22. The summed E-state index contributed by atoms with van der Waals surface area (Å²) in [5.41, 5.74) is 7.67. The molecule has 1 aromatic heterocycles. The molecule has 86 valence electrons. The predicted octanol–water partition coefficient (Wildman–Crippen LogP) is 3.83. The van der Waals surface area contributed by atoms with Crippen molar-refractivity contribution in [1.29, 1.82) is 0 Å². The maximum absolute atomic E-state index is 6.27. The summed E-state index contributed by atoms with van der Waals surface area (Å²) in [6.07, 6.45) is 6.15. The van der Waals surface area contributed by atoms with Crippen LogP contribution in [0.15, 0.2) is 16.8 Å². The maximum atomic E-state index is 6.27. The molecule has 0 saturated heterocycles. The fourth-order valence-corrected chi connectivity index (χ4v) is 2.72. The molecule has 1 rings (SSSR count). The van der Waals surface area contributed by atoms with Crippen molar-refractivity contribution in [3.63, 3.8) is 0 Å². The second-order valence-electron chi connectivity index (χ2n) is 4.31. The Morgan fingerprint density at radius 2 is 2.20 bits per heavy atom. The lowest BCUT2D eigenvalue weighted by atomic mass is 9.89. The minimum Gasteiger partial charge on any atom is -0.327 e. The number of hydrogen-bond acceptors (Lipinski definition) is 2. The van der Waals surface area contributed by atoms with E-state index < -0.39 is 0 Å². The van der Waals surface area contributed by atoms with Crippen LogP contribution in [0.4, 0.5) is 0 Å². The summed E-state index contributed by atoms with van der Waals surface area (Å²) in [6.45, 7) is 4.50. The molecule has 0 bridgehead atoms. The first-order valence-electron chi connectivity index (χ1n) is 6.04. The molecule has 0 aromatic carbocycles. The molecule has 1 heterocycles. The van der Waals surface area contributed by atoms with Gasteiger partial charge < -0.3 is 5.73 Å². The first-order chi connectivity index (χ1) is 7.27. The topological polar surface area (TPSA) is 26.0 Å². The molecule has 1 nitrogen and oxygen atoms in total.